The summed E-state index contributed by atoms with van der Waals surface area (Å²) in [6.45, 7) is 14.6. The molecule has 2 aromatic rings. The zero-order valence-corrected chi connectivity index (χ0v) is 17.3. The summed E-state index contributed by atoms with van der Waals surface area (Å²) in [7, 11) is 0. The smallest absolute Gasteiger partial charge is 0.222 e. The molecule has 0 spiro atoms. The Kier molecular flexibility index (Phi) is 5.41. The van der Waals surface area contributed by atoms with E-state index in [1.807, 2.05) is 32.9 Å². The maximum absolute atomic E-state index is 12.3. The van der Waals surface area contributed by atoms with E-state index in [4.69, 9.17) is 4.99 Å². The number of hydrogen-bond donors (Lipinski definition) is 1. The number of thiophene rings is 1. The normalized spacial score (nSPS) is 16.3. The number of allylic oxidation sites excluding steroid dienone is 3. The van der Waals surface area contributed by atoms with Gasteiger partial charge in [0.2, 0.25) is 5.91 Å². The van der Waals surface area contributed by atoms with E-state index in [-0.39, 0.29) is 12.3 Å². The summed E-state index contributed by atoms with van der Waals surface area (Å²) < 4.78 is 2.05. The second kappa shape index (κ2) is 7.60. The molecule has 0 bridgehead atoms. The lowest BCUT2D eigenvalue weighted by Crippen LogP contribution is -2.25. The molecule has 2 aromatic heterocycles. The molecule has 0 aliphatic carbocycles. The lowest BCUT2D eigenvalue weighted by atomic mass is 9.99. The highest BCUT2D eigenvalue weighted by Gasteiger charge is 2.32. The zero-order chi connectivity index (χ0) is 19.7. The van der Waals surface area contributed by atoms with Crippen LogP contribution in [0.5, 0.6) is 0 Å². The van der Waals surface area contributed by atoms with Crippen molar-refractivity contribution in [3.8, 4) is 5.00 Å². The minimum atomic E-state index is -0.401. The van der Waals surface area contributed by atoms with Crippen LogP contribution in [-0.4, -0.2) is 32.9 Å². The number of nitrogens with zero attached hydrogens (tertiary/aromatic N) is 4. The monoisotopic (exact) mass is 383 g/mol. The van der Waals surface area contributed by atoms with Gasteiger partial charge in [-0.15, -0.1) is 21.5 Å². The number of nitrogens with one attached hydrogen (secondary N) is 1. The first-order valence-corrected chi connectivity index (χ1v) is 9.90. The number of carbonyl (C=O) groups is 1. The molecule has 1 amide bonds. The van der Waals surface area contributed by atoms with Crippen LogP contribution in [0.25, 0.3) is 5.00 Å². The van der Waals surface area contributed by atoms with Crippen molar-refractivity contribution in [1.29, 1.82) is 0 Å². The number of aromatic nitrogens is 3. The van der Waals surface area contributed by atoms with E-state index < -0.39 is 6.04 Å². The van der Waals surface area contributed by atoms with Crippen LogP contribution in [0, 0.1) is 20.8 Å². The van der Waals surface area contributed by atoms with Gasteiger partial charge >= 0.3 is 0 Å². The maximum atomic E-state index is 12.3. The van der Waals surface area contributed by atoms with E-state index in [2.05, 4.69) is 40.5 Å². The predicted octanol–water partition coefficient (Wildman–Crippen LogP) is 3.76. The predicted molar refractivity (Wildman–Crippen MR) is 110 cm³/mol. The van der Waals surface area contributed by atoms with Crippen molar-refractivity contribution in [2.75, 3.05) is 6.54 Å². The van der Waals surface area contributed by atoms with Crippen LogP contribution in [0.2, 0.25) is 0 Å². The fraction of sp³-hybridized carbons (Fsp3) is 0.400. The number of carbonyl (C=O) groups excluding carboxylic acids is 1. The number of aliphatic imine (C=N–C) groups is 1. The Morgan fingerprint density at radius 2 is 2.07 bits per heavy atom. The largest absolute Gasteiger partial charge is 0.356 e. The van der Waals surface area contributed by atoms with Gasteiger partial charge in [-0.25, -0.2) is 0 Å². The highest BCUT2D eigenvalue weighted by atomic mass is 32.1. The summed E-state index contributed by atoms with van der Waals surface area (Å²) >= 11 is 1.70. The topological polar surface area (TPSA) is 72.2 Å². The number of aryl methyl sites for hydroxylation is 2. The van der Waals surface area contributed by atoms with E-state index in [9.17, 15) is 4.79 Å². The molecule has 0 aromatic carbocycles. The van der Waals surface area contributed by atoms with Gasteiger partial charge < -0.3 is 5.32 Å². The fourth-order valence-corrected chi connectivity index (χ4v) is 4.53. The molecule has 1 aliphatic heterocycles. The molecule has 3 rings (SSSR count). The summed E-state index contributed by atoms with van der Waals surface area (Å²) in [5, 5.41) is 12.6. The average molecular weight is 384 g/mol. The van der Waals surface area contributed by atoms with Crippen molar-refractivity contribution in [2.45, 2.75) is 47.1 Å². The van der Waals surface area contributed by atoms with Crippen LogP contribution in [0.3, 0.4) is 0 Å². The lowest BCUT2D eigenvalue weighted by Gasteiger charge is -2.12. The molecule has 142 valence electrons. The molecule has 0 saturated heterocycles. The Bertz CT molecular complexity index is 963. The van der Waals surface area contributed by atoms with Crippen molar-refractivity contribution in [3.05, 3.63) is 52.0 Å². The van der Waals surface area contributed by atoms with Gasteiger partial charge in [-0.3, -0.25) is 14.4 Å². The van der Waals surface area contributed by atoms with Crippen molar-refractivity contribution >= 4 is 23.0 Å². The standard InChI is InChI=1S/C20H25N5OS/c1-7-14(8-2)18-17-11(4)12(5)27-20(17)25-13(6)23-24-19(25)15(22-18)10-16(26)21-9-3/h7-8,15H,1,9-10H2,2-6H3,(H,21,26)/b14-8+. The Morgan fingerprint density at radius 1 is 1.33 bits per heavy atom. The second-order valence-corrected chi connectivity index (χ2v) is 7.71. The van der Waals surface area contributed by atoms with Crippen LogP contribution in [0.4, 0.5) is 0 Å². The van der Waals surface area contributed by atoms with Gasteiger partial charge in [0.15, 0.2) is 5.82 Å². The Balaban J connectivity index is 2.28. The first kappa shape index (κ1) is 19.2. The molecule has 1 unspecified atom stereocenters. The van der Waals surface area contributed by atoms with Crippen LogP contribution in [-0.2, 0) is 4.79 Å². The quantitative estimate of drug-likeness (QED) is 0.799. The lowest BCUT2D eigenvalue weighted by molar-refractivity contribution is -0.121. The third kappa shape index (κ3) is 3.27. The summed E-state index contributed by atoms with van der Waals surface area (Å²) in [6, 6.07) is -0.401. The third-order valence-corrected chi connectivity index (χ3v) is 5.99. The second-order valence-electron chi connectivity index (χ2n) is 6.50. The van der Waals surface area contributed by atoms with E-state index >= 15 is 0 Å². The van der Waals surface area contributed by atoms with Gasteiger partial charge in [-0.1, -0.05) is 18.7 Å². The van der Waals surface area contributed by atoms with E-state index in [1.54, 1.807) is 11.3 Å². The number of rotatable bonds is 5. The highest BCUT2D eigenvalue weighted by molar-refractivity contribution is 7.15. The van der Waals surface area contributed by atoms with Crippen LogP contribution < -0.4 is 5.32 Å². The summed E-state index contributed by atoms with van der Waals surface area (Å²) in [5.41, 5.74) is 4.08. The van der Waals surface area contributed by atoms with Crippen molar-refractivity contribution in [3.63, 3.8) is 0 Å². The average Bonchev–Trinajstić information content (AvgIpc) is 3.10. The van der Waals surface area contributed by atoms with Gasteiger partial charge in [0.1, 0.15) is 16.9 Å². The molecule has 3 heterocycles. The summed E-state index contributed by atoms with van der Waals surface area (Å²) in [5.74, 6) is 1.46. The van der Waals surface area contributed by atoms with Crippen molar-refractivity contribution in [1.82, 2.24) is 20.1 Å². The molecule has 0 saturated carbocycles. The molecule has 1 aliphatic rings. The summed E-state index contributed by atoms with van der Waals surface area (Å²) in [4.78, 5) is 18.6. The molecule has 7 heteroatoms. The van der Waals surface area contributed by atoms with Gasteiger partial charge in [0.25, 0.3) is 0 Å². The molecule has 0 radical (unpaired) electrons. The van der Waals surface area contributed by atoms with E-state index in [0.717, 1.165) is 27.7 Å². The maximum Gasteiger partial charge on any atom is 0.222 e. The molecule has 27 heavy (non-hydrogen) atoms. The van der Waals surface area contributed by atoms with E-state index in [1.165, 1.54) is 10.4 Å². The third-order valence-electron chi connectivity index (χ3n) is 4.80. The number of fused-ring (bicyclic) bond motifs is 3. The van der Waals surface area contributed by atoms with Crippen molar-refractivity contribution in [2.24, 2.45) is 4.99 Å². The van der Waals surface area contributed by atoms with Gasteiger partial charge in [0, 0.05) is 17.0 Å². The minimum Gasteiger partial charge on any atom is -0.356 e. The molecule has 0 fully saturated rings. The Labute approximate surface area is 163 Å². The number of hydrogen-bond acceptors (Lipinski definition) is 5. The first-order chi connectivity index (χ1) is 12.9. The molecule has 6 nitrogen and oxygen atoms in total. The highest BCUT2D eigenvalue weighted by Crippen LogP contribution is 2.39. The minimum absolute atomic E-state index is 0.0448. The van der Waals surface area contributed by atoms with Gasteiger partial charge in [-0.2, -0.15) is 0 Å². The van der Waals surface area contributed by atoms with E-state index in [0.29, 0.717) is 12.4 Å². The molecular formula is C20H25N5OS. The van der Waals surface area contributed by atoms with Crippen LogP contribution in [0.1, 0.15) is 54.0 Å². The van der Waals surface area contributed by atoms with Gasteiger partial charge in [-0.05, 0) is 45.8 Å². The summed E-state index contributed by atoms with van der Waals surface area (Å²) in [6.07, 6.45) is 4.05. The molecule has 1 atom stereocenters. The van der Waals surface area contributed by atoms with Crippen molar-refractivity contribution < 1.29 is 4.79 Å². The molecular weight excluding hydrogens is 358 g/mol. The van der Waals surface area contributed by atoms with Crippen LogP contribution in [0.15, 0.2) is 29.3 Å². The fourth-order valence-electron chi connectivity index (χ4n) is 3.32. The first-order valence-electron chi connectivity index (χ1n) is 9.09. The Hall–Kier alpha value is -2.54. The van der Waals surface area contributed by atoms with Crippen LogP contribution >= 0.6 is 11.3 Å². The van der Waals surface area contributed by atoms with Gasteiger partial charge in [0.05, 0.1) is 12.1 Å². The number of amides is 1. The zero-order valence-electron chi connectivity index (χ0n) is 16.5. The molecule has 1 N–H and O–H groups in total. The Morgan fingerprint density at radius 3 is 2.70 bits per heavy atom. The SMILES string of the molecule is C=C/C(=C\C)C1=NC(CC(=O)NCC)c2nnc(C)n2-c2sc(C)c(C)c21.